The molecule has 0 saturated carbocycles. The first-order valence-corrected chi connectivity index (χ1v) is 6.47. The Balaban J connectivity index is 1.78. The molecule has 0 aliphatic carbocycles. The first-order valence-electron chi connectivity index (χ1n) is 6.09. The molecule has 0 radical (unpaired) electrons. The molecule has 0 spiro atoms. The summed E-state index contributed by atoms with van der Waals surface area (Å²) in [5.41, 5.74) is 6.60. The molecule has 0 aliphatic heterocycles. The van der Waals surface area contributed by atoms with Crippen LogP contribution in [0.3, 0.4) is 0 Å². The SMILES string of the molecule is Nc1nc(OCc2ccc(Cl)cc2)nc(-n2cccn2)n1. The zero-order chi connectivity index (χ0) is 14.7. The van der Waals surface area contributed by atoms with Crippen LogP contribution < -0.4 is 10.5 Å². The molecule has 0 atom stereocenters. The molecule has 1 aromatic carbocycles. The highest BCUT2D eigenvalue weighted by atomic mass is 35.5. The summed E-state index contributed by atoms with van der Waals surface area (Å²) < 4.78 is 7.00. The van der Waals surface area contributed by atoms with Crippen molar-refractivity contribution in [3.63, 3.8) is 0 Å². The molecule has 106 valence electrons. The van der Waals surface area contributed by atoms with Crippen LogP contribution in [0.4, 0.5) is 5.95 Å². The number of aromatic nitrogens is 5. The minimum Gasteiger partial charge on any atom is -0.458 e. The van der Waals surface area contributed by atoms with Crippen LogP contribution >= 0.6 is 11.6 Å². The number of nitrogens with two attached hydrogens (primary N) is 1. The summed E-state index contributed by atoms with van der Waals surface area (Å²) in [7, 11) is 0. The summed E-state index contributed by atoms with van der Waals surface area (Å²) in [4.78, 5) is 12.1. The first kappa shape index (κ1) is 13.3. The normalized spacial score (nSPS) is 10.5. The van der Waals surface area contributed by atoms with Gasteiger partial charge in [0.2, 0.25) is 5.95 Å². The number of nitrogens with zero attached hydrogens (tertiary/aromatic N) is 5. The van der Waals surface area contributed by atoms with Crippen molar-refractivity contribution < 1.29 is 4.74 Å². The minimum atomic E-state index is 0.0709. The van der Waals surface area contributed by atoms with Gasteiger partial charge in [0, 0.05) is 17.4 Å². The monoisotopic (exact) mass is 302 g/mol. The molecule has 3 aromatic rings. The van der Waals surface area contributed by atoms with Crippen LogP contribution in [0.15, 0.2) is 42.7 Å². The molecule has 0 saturated heterocycles. The average Bonchev–Trinajstić information content (AvgIpc) is 3.00. The van der Waals surface area contributed by atoms with Crippen LogP contribution in [-0.4, -0.2) is 24.7 Å². The molecule has 7 nitrogen and oxygen atoms in total. The second-order valence-electron chi connectivity index (χ2n) is 4.14. The van der Waals surface area contributed by atoms with Gasteiger partial charge in [0.05, 0.1) is 0 Å². The molecule has 3 rings (SSSR count). The summed E-state index contributed by atoms with van der Waals surface area (Å²) in [6.45, 7) is 0.305. The smallest absolute Gasteiger partial charge is 0.323 e. The summed E-state index contributed by atoms with van der Waals surface area (Å²) in [5, 5.41) is 4.71. The van der Waals surface area contributed by atoms with Crippen molar-refractivity contribution in [3.05, 3.63) is 53.3 Å². The fraction of sp³-hybridized carbons (Fsp3) is 0.0769. The van der Waals surface area contributed by atoms with Crippen molar-refractivity contribution in [1.29, 1.82) is 0 Å². The topological polar surface area (TPSA) is 91.7 Å². The van der Waals surface area contributed by atoms with Gasteiger partial charge in [-0.3, -0.25) is 0 Å². The van der Waals surface area contributed by atoms with Crippen LogP contribution in [-0.2, 0) is 6.61 Å². The fourth-order valence-electron chi connectivity index (χ4n) is 1.64. The highest BCUT2D eigenvalue weighted by Crippen LogP contribution is 2.13. The third-order valence-corrected chi connectivity index (χ3v) is 2.86. The van der Waals surface area contributed by atoms with Crippen LogP contribution in [0.1, 0.15) is 5.56 Å². The van der Waals surface area contributed by atoms with Crippen LogP contribution in [0.2, 0.25) is 5.02 Å². The van der Waals surface area contributed by atoms with Gasteiger partial charge in [-0.25, -0.2) is 4.68 Å². The fourth-order valence-corrected chi connectivity index (χ4v) is 1.77. The largest absolute Gasteiger partial charge is 0.458 e. The van der Waals surface area contributed by atoms with Crippen molar-refractivity contribution in [2.45, 2.75) is 6.61 Å². The Morgan fingerprint density at radius 2 is 1.95 bits per heavy atom. The molecule has 0 unspecified atom stereocenters. The van der Waals surface area contributed by atoms with Gasteiger partial charge in [-0.05, 0) is 23.8 Å². The standard InChI is InChI=1S/C13H11ClN6O/c14-10-4-2-9(3-5-10)8-21-13-18-11(15)17-12(19-13)20-7-1-6-16-20/h1-7H,8H2,(H2,15,17,18,19). The van der Waals surface area contributed by atoms with E-state index in [2.05, 4.69) is 20.1 Å². The van der Waals surface area contributed by atoms with E-state index in [-0.39, 0.29) is 12.0 Å². The number of nitrogen functional groups attached to an aromatic ring is 1. The highest BCUT2D eigenvalue weighted by Gasteiger charge is 2.07. The summed E-state index contributed by atoms with van der Waals surface area (Å²) in [6.07, 6.45) is 3.33. The molecular formula is C13H11ClN6O. The maximum atomic E-state index is 5.83. The Morgan fingerprint density at radius 1 is 1.14 bits per heavy atom. The summed E-state index contributed by atoms with van der Waals surface area (Å²) in [5.74, 6) is 0.375. The van der Waals surface area contributed by atoms with Gasteiger partial charge in [-0.1, -0.05) is 23.7 Å². The minimum absolute atomic E-state index is 0.0709. The zero-order valence-electron chi connectivity index (χ0n) is 10.8. The number of anilines is 1. The van der Waals surface area contributed by atoms with Crippen molar-refractivity contribution in [2.24, 2.45) is 0 Å². The van der Waals surface area contributed by atoms with Crippen molar-refractivity contribution >= 4 is 17.5 Å². The Labute approximate surface area is 125 Å². The molecule has 2 heterocycles. The van der Waals surface area contributed by atoms with Gasteiger partial charge in [0.1, 0.15) is 6.61 Å². The van der Waals surface area contributed by atoms with E-state index in [0.29, 0.717) is 17.6 Å². The molecule has 8 heteroatoms. The molecule has 2 aromatic heterocycles. The maximum Gasteiger partial charge on any atom is 0.323 e. The maximum absolute atomic E-state index is 5.83. The third kappa shape index (κ3) is 3.26. The predicted octanol–water partition coefficient (Wildman–Crippen LogP) is 1.87. The zero-order valence-corrected chi connectivity index (χ0v) is 11.6. The van der Waals surface area contributed by atoms with Gasteiger partial charge in [0.15, 0.2) is 0 Å². The molecule has 0 fully saturated rings. The summed E-state index contributed by atoms with van der Waals surface area (Å²) in [6, 6.07) is 9.20. The van der Waals surface area contributed by atoms with E-state index >= 15 is 0 Å². The molecular weight excluding hydrogens is 292 g/mol. The third-order valence-electron chi connectivity index (χ3n) is 2.61. The van der Waals surface area contributed by atoms with E-state index in [4.69, 9.17) is 22.1 Å². The van der Waals surface area contributed by atoms with Gasteiger partial charge in [-0.15, -0.1) is 0 Å². The van der Waals surface area contributed by atoms with E-state index in [1.165, 1.54) is 4.68 Å². The lowest BCUT2D eigenvalue weighted by molar-refractivity contribution is 0.279. The second kappa shape index (κ2) is 5.76. The van der Waals surface area contributed by atoms with Crippen molar-refractivity contribution in [2.75, 3.05) is 5.73 Å². The van der Waals surface area contributed by atoms with Gasteiger partial charge in [-0.2, -0.15) is 20.1 Å². The number of halogens is 1. The molecule has 0 bridgehead atoms. The molecule has 2 N–H and O–H groups in total. The van der Waals surface area contributed by atoms with E-state index in [1.54, 1.807) is 30.6 Å². The Hall–Kier alpha value is -2.67. The Kier molecular flexibility index (Phi) is 3.65. The van der Waals surface area contributed by atoms with Crippen LogP contribution in [0.5, 0.6) is 6.01 Å². The van der Waals surface area contributed by atoms with Gasteiger partial charge < -0.3 is 10.5 Å². The Morgan fingerprint density at radius 3 is 2.67 bits per heavy atom. The number of hydrogen-bond donors (Lipinski definition) is 1. The summed E-state index contributed by atoms with van der Waals surface area (Å²) >= 11 is 5.83. The lowest BCUT2D eigenvalue weighted by Gasteiger charge is -2.06. The predicted molar refractivity (Wildman–Crippen MR) is 77.1 cm³/mol. The highest BCUT2D eigenvalue weighted by molar-refractivity contribution is 6.30. The lowest BCUT2D eigenvalue weighted by Crippen LogP contribution is -2.09. The Bertz CT molecular complexity index is 729. The van der Waals surface area contributed by atoms with E-state index in [9.17, 15) is 0 Å². The van der Waals surface area contributed by atoms with E-state index < -0.39 is 0 Å². The van der Waals surface area contributed by atoms with E-state index in [1.807, 2.05) is 12.1 Å². The quantitative estimate of drug-likeness (QED) is 0.791. The van der Waals surface area contributed by atoms with Crippen LogP contribution in [0, 0.1) is 0 Å². The van der Waals surface area contributed by atoms with Crippen molar-refractivity contribution in [3.8, 4) is 12.0 Å². The van der Waals surface area contributed by atoms with Gasteiger partial charge >= 0.3 is 6.01 Å². The second-order valence-corrected chi connectivity index (χ2v) is 4.58. The number of ether oxygens (including phenoxy) is 1. The van der Waals surface area contributed by atoms with Crippen molar-refractivity contribution in [1.82, 2.24) is 24.7 Å². The molecule has 0 aliphatic rings. The first-order chi connectivity index (χ1) is 10.2. The average molecular weight is 303 g/mol. The molecule has 0 amide bonds. The number of benzene rings is 1. The number of hydrogen-bond acceptors (Lipinski definition) is 6. The molecule has 21 heavy (non-hydrogen) atoms. The van der Waals surface area contributed by atoms with Gasteiger partial charge in [0.25, 0.3) is 5.95 Å². The lowest BCUT2D eigenvalue weighted by atomic mass is 10.2. The van der Waals surface area contributed by atoms with E-state index in [0.717, 1.165) is 5.56 Å². The van der Waals surface area contributed by atoms with Crippen LogP contribution in [0.25, 0.3) is 5.95 Å². The number of rotatable bonds is 4.